The van der Waals surface area contributed by atoms with E-state index in [9.17, 15) is 9.18 Å². The third-order valence-corrected chi connectivity index (χ3v) is 5.95. The number of nitrogens with zero attached hydrogens (tertiary/aromatic N) is 3. The average Bonchev–Trinajstić information content (AvgIpc) is 3.09. The normalized spacial score (nSPS) is 21.2. The standard InChI is InChI=1S/C19H19FN4O3S/c1-26-16-3-2-12(20)6-17(16)27-14-4-11(5-14)18(25)23-13-9-24(10-13)19-22-8-15(7-21)28-19/h2-3,6,8,11,13-14H,4-5,9-10H2,1H3,(H,23,25)/t11-,14-. The van der Waals surface area contributed by atoms with Crippen LogP contribution >= 0.6 is 11.3 Å². The summed E-state index contributed by atoms with van der Waals surface area (Å²) >= 11 is 1.35. The lowest BCUT2D eigenvalue weighted by atomic mass is 9.81. The first kappa shape index (κ1) is 18.5. The summed E-state index contributed by atoms with van der Waals surface area (Å²) in [5.41, 5.74) is 0. The van der Waals surface area contributed by atoms with Gasteiger partial charge in [0.15, 0.2) is 16.6 Å². The second-order valence-electron chi connectivity index (χ2n) is 6.93. The first-order valence-electron chi connectivity index (χ1n) is 8.97. The molecule has 2 fully saturated rings. The number of amides is 1. The van der Waals surface area contributed by atoms with Crippen LogP contribution < -0.4 is 19.7 Å². The van der Waals surface area contributed by atoms with Crippen LogP contribution in [0, 0.1) is 23.1 Å². The van der Waals surface area contributed by atoms with E-state index in [1.54, 1.807) is 6.20 Å². The van der Waals surface area contributed by atoms with Crippen LogP contribution in [0.2, 0.25) is 0 Å². The molecule has 1 aromatic carbocycles. The van der Waals surface area contributed by atoms with Gasteiger partial charge >= 0.3 is 0 Å². The van der Waals surface area contributed by atoms with Crippen LogP contribution in [0.15, 0.2) is 24.4 Å². The van der Waals surface area contributed by atoms with Gasteiger partial charge in [-0.3, -0.25) is 4.79 Å². The van der Waals surface area contributed by atoms with Crippen molar-refractivity contribution in [3.63, 3.8) is 0 Å². The Labute approximate surface area is 165 Å². The predicted octanol–water partition coefficient (Wildman–Crippen LogP) is 2.32. The maximum Gasteiger partial charge on any atom is 0.223 e. The molecule has 1 aliphatic carbocycles. The Kier molecular flexibility index (Phi) is 5.05. The molecule has 7 nitrogen and oxygen atoms in total. The molecule has 4 rings (SSSR count). The molecule has 1 aromatic heterocycles. The summed E-state index contributed by atoms with van der Waals surface area (Å²) in [6.45, 7) is 1.38. The molecular formula is C19H19FN4O3S. The van der Waals surface area contributed by atoms with E-state index < -0.39 is 0 Å². The fourth-order valence-electron chi connectivity index (χ4n) is 3.31. The van der Waals surface area contributed by atoms with Gasteiger partial charge in [-0.2, -0.15) is 5.26 Å². The predicted molar refractivity (Wildman–Crippen MR) is 101 cm³/mol. The summed E-state index contributed by atoms with van der Waals surface area (Å²) < 4.78 is 24.4. The molecule has 2 aromatic rings. The maximum atomic E-state index is 13.4. The SMILES string of the molecule is COc1ccc(F)cc1O[C@H]1C[C@H](C(=O)NC2CN(c3ncc(C#N)s3)C2)C1. The van der Waals surface area contributed by atoms with Crippen molar-refractivity contribution in [2.24, 2.45) is 5.92 Å². The fourth-order valence-corrected chi connectivity index (χ4v) is 4.04. The Morgan fingerprint density at radius 2 is 2.18 bits per heavy atom. The summed E-state index contributed by atoms with van der Waals surface area (Å²) in [5.74, 6) is 0.379. The molecule has 146 valence electrons. The zero-order valence-electron chi connectivity index (χ0n) is 15.2. The lowest BCUT2D eigenvalue weighted by Gasteiger charge is -2.41. The van der Waals surface area contributed by atoms with E-state index in [2.05, 4.69) is 16.4 Å². The van der Waals surface area contributed by atoms with Crippen LogP contribution in [-0.2, 0) is 4.79 Å². The Balaban J connectivity index is 1.21. The zero-order chi connectivity index (χ0) is 19.7. The van der Waals surface area contributed by atoms with Crippen molar-refractivity contribution in [1.82, 2.24) is 10.3 Å². The molecule has 0 spiro atoms. The van der Waals surface area contributed by atoms with Crippen LogP contribution in [0.5, 0.6) is 11.5 Å². The molecule has 9 heteroatoms. The highest BCUT2D eigenvalue weighted by atomic mass is 32.1. The van der Waals surface area contributed by atoms with E-state index in [1.807, 2.05) is 4.90 Å². The van der Waals surface area contributed by atoms with E-state index >= 15 is 0 Å². The van der Waals surface area contributed by atoms with Gasteiger partial charge < -0.3 is 19.7 Å². The number of carbonyl (C=O) groups is 1. The van der Waals surface area contributed by atoms with Crippen molar-refractivity contribution < 1.29 is 18.7 Å². The van der Waals surface area contributed by atoms with Crippen LogP contribution in [0.25, 0.3) is 0 Å². The zero-order valence-corrected chi connectivity index (χ0v) is 16.0. The Morgan fingerprint density at radius 3 is 2.86 bits per heavy atom. The van der Waals surface area contributed by atoms with Gasteiger partial charge in [-0.1, -0.05) is 11.3 Å². The van der Waals surface area contributed by atoms with Gasteiger partial charge in [0.2, 0.25) is 5.91 Å². The Morgan fingerprint density at radius 1 is 1.39 bits per heavy atom. The molecule has 2 heterocycles. The van der Waals surface area contributed by atoms with Crippen molar-refractivity contribution >= 4 is 22.4 Å². The van der Waals surface area contributed by atoms with E-state index in [4.69, 9.17) is 14.7 Å². The summed E-state index contributed by atoms with van der Waals surface area (Å²) in [4.78, 5) is 19.2. The van der Waals surface area contributed by atoms with Gasteiger partial charge in [0, 0.05) is 25.1 Å². The number of nitriles is 1. The number of benzene rings is 1. The lowest BCUT2D eigenvalue weighted by molar-refractivity contribution is -0.131. The van der Waals surface area contributed by atoms with Gasteiger partial charge in [-0.15, -0.1) is 0 Å². The van der Waals surface area contributed by atoms with Gasteiger partial charge in [0.1, 0.15) is 22.9 Å². The molecule has 0 unspecified atom stereocenters. The van der Waals surface area contributed by atoms with Crippen LogP contribution in [0.1, 0.15) is 17.7 Å². The molecule has 2 aliphatic rings. The molecule has 1 aliphatic heterocycles. The number of carbonyl (C=O) groups excluding carboxylic acids is 1. The minimum Gasteiger partial charge on any atom is -0.493 e. The number of aromatic nitrogens is 1. The largest absolute Gasteiger partial charge is 0.493 e. The quantitative estimate of drug-likeness (QED) is 0.798. The highest BCUT2D eigenvalue weighted by molar-refractivity contribution is 7.16. The lowest BCUT2D eigenvalue weighted by Crippen LogP contribution is -2.61. The van der Waals surface area contributed by atoms with E-state index in [0.717, 1.165) is 5.13 Å². The monoisotopic (exact) mass is 402 g/mol. The second-order valence-corrected chi connectivity index (χ2v) is 7.94. The van der Waals surface area contributed by atoms with Gasteiger partial charge in [0.25, 0.3) is 0 Å². The highest BCUT2D eigenvalue weighted by Crippen LogP contribution is 2.36. The number of hydrogen-bond donors (Lipinski definition) is 1. The maximum absolute atomic E-state index is 13.4. The summed E-state index contributed by atoms with van der Waals surface area (Å²) in [6.07, 6.45) is 2.64. The number of thiazole rings is 1. The van der Waals surface area contributed by atoms with Gasteiger partial charge in [0.05, 0.1) is 19.3 Å². The topological polar surface area (TPSA) is 87.5 Å². The summed E-state index contributed by atoms with van der Waals surface area (Å²) in [5, 5.41) is 12.7. The van der Waals surface area contributed by atoms with Crippen molar-refractivity contribution in [3.8, 4) is 17.6 Å². The first-order chi connectivity index (χ1) is 13.6. The van der Waals surface area contributed by atoms with Crippen molar-refractivity contribution in [2.75, 3.05) is 25.1 Å². The molecule has 0 bridgehead atoms. The number of methoxy groups -OCH3 is 1. The van der Waals surface area contributed by atoms with Crippen LogP contribution in [-0.4, -0.2) is 43.2 Å². The number of ether oxygens (including phenoxy) is 2. The minimum absolute atomic E-state index is 0.0209. The van der Waals surface area contributed by atoms with E-state index in [-0.39, 0.29) is 29.8 Å². The molecule has 1 saturated heterocycles. The molecule has 28 heavy (non-hydrogen) atoms. The van der Waals surface area contributed by atoms with Crippen molar-refractivity contribution in [3.05, 3.63) is 35.1 Å². The summed E-state index contributed by atoms with van der Waals surface area (Å²) in [6, 6.07) is 6.30. The van der Waals surface area contributed by atoms with Crippen LogP contribution in [0.4, 0.5) is 9.52 Å². The molecule has 1 amide bonds. The number of anilines is 1. The van der Waals surface area contributed by atoms with Gasteiger partial charge in [-0.25, -0.2) is 9.37 Å². The van der Waals surface area contributed by atoms with E-state index in [1.165, 1.54) is 36.6 Å². The molecular weight excluding hydrogens is 383 g/mol. The number of nitrogens with one attached hydrogen (secondary N) is 1. The van der Waals surface area contributed by atoms with Gasteiger partial charge in [-0.05, 0) is 25.0 Å². The smallest absolute Gasteiger partial charge is 0.223 e. The van der Waals surface area contributed by atoms with Crippen LogP contribution in [0.3, 0.4) is 0 Å². The number of halogens is 1. The molecule has 0 atom stereocenters. The fraction of sp³-hybridized carbons (Fsp3) is 0.421. The van der Waals surface area contributed by atoms with E-state index in [0.29, 0.717) is 42.3 Å². The summed E-state index contributed by atoms with van der Waals surface area (Å²) in [7, 11) is 1.51. The number of hydrogen-bond acceptors (Lipinski definition) is 7. The molecule has 0 radical (unpaired) electrons. The second kappa shape index (κ2) is 7.64. The molecule has 1 N–H and O–H groups in total. The van der Waals surface area contributed by atoms with Crippen molar-refractivity contribution in [1.29, 1.82) is 5.26 Å². The third kappa shape index (κ3) is 3.73. The Hall–Kier alpha value is -2.86. The minimum atomic E-state index is -0.388. The highest BCUT2D eigenvalue weighted by Gasteiger charge is 2.39. The first-order valence-corrected chi connectivity index (χ1v) is 9.79. The number of rotatable bonds is 6. The van der Waals surface area contributed by atoms with Crippen molar-refractivity contribution in [2.45, 2.75) is 25.0 Å². The third-order valence-electron chi connectivity index (χ3n) is 4.99. The Bertz CT molecular complexity index is 916. The average molecular weight is 402 g/mol. The molecule has 1 saturated carbocycles.